The van der Waals surface area contributed by atoms with E-state index in [1.807, 2.05) is 0 Å². The average Bonchev–Trinajstić information content (AvgIpc) is 2.66. The van der Waals surface area contributed by atoms with Crippen molar-refractivity contribution in [1.82, 2.24) is 10.2 Å². The number of benzene rings is 1. The number of likely N-dealkylation sites (tertiary alicyclic amines) is 1. The summed E-state index contributed by atoms with van der Waals surface area (Å²) in [6.07, 6.45) is -0.741. The van der Waals surface area contributed by atoms with Crippen LogP contribution in [0.1, 0.15) is 42.5 Å². The summed E-state index contributed by atoms with van der Waals surface area (Å²) in [5, 5.41) is 6.16. The first-order valence-electron chi connectivity index (χ1n) is 9.34. The summed E-state index contributed by atoms with van der Waals surface area (Å²) in [6.45, 7) is 1.09. The first-order chi connectivity index (χ1) is 13.2. The molecule has 2 rings (SSSR count). The number of piperidine rings is 1. The van der Waals surface area contributed by atoms with Gasteiger partial charge in [-0.15, -0.1) is 0 Å². The fourth-order valence-corrected chi connectivity index (χ4v) is 3.60. The molecule has 1 aromatic carbocycles. The molecule has 1 saturated heterocycles. The van der Waals surface area contributed by atoms with E-state index in [1.54, 1.807) is 25.2 Å². The molecule has 1 aliphatic heterocycles. The molecule has 0 aliphatic carbocycles. The van der Waals surface area contributed by atoms with Gasteiger partial charge >= 0.3 is 12.1 Å². The summed E-state index contributed by atoms with van der Waals surface area (Å²) in [4.78, 5) is 23.7. The molecule has 1 aromatic rings. The molecule has 0 bridgehead atoms. The summed E-state index contributed by atoms with van der Waals surface area (Å²) in [5.41, 5.74) is 1.25. The number of anilines is 1. The first kappa shape index (κ1) is 22.3. The molecule has 28 heavy (non-hydrogen) atoms. The summed E-state index contributed by atoms with van der Waals surface area (Å²) in [6, 6.07) is 5.17. The molecule has 0 aromatic heterocycles. The smallest absolute Gasteiger partial charge is 0.385 e. The highest BCUT2D eigenvalue weighted by molar-refractivity contribution is 6.34. The zero-order chi connectivity index (χ0) is 20.7. The Labute approximate surface area is 167 Å². The van der Waals surface area contributed by atoms with E-state index < -0.39 is 12.1 Å². The van der Waals surface area contributed by atoms with Crippen molar-refractivity contribution >= 4 is 29.1 Å². The number of hydrogen-bond acceptors (Lipinski definition) is 3. The number of carbonyl (C=O) groups excluding carboxylic acids is 2. The third-order valence-corrected chi connectivity index (χ3v) is 5.27. The molecule has 0 radical (unpaired) electrons. The van der Waals surface area contributed by atoms with Crippen LogP contribution in [0.2, 0.25) is 5.02 Å². The first-order valence-corrected chi connectivity index (χ1v) is 9.71. The van der Waals surface area contributed by atoms with Gasteiger partial charge < -0.3 is 15.5 Å². The zero-order valence-corrected chi connectivity index (χ0v) is 16.5. The maximum atomic E-state index is 12.4. The number of alkyl halides is 3. The van der Waals surface area contributed by atoms with Crippen LogP contribution in [0, 0.1) is 5.92 Å². The van der Waals surface area contributed by atoms with Crippen molar-refractivity contribution < 1.29 is 22.8 Å². The molecule has 0 saturated carbocycles. The lowest BCUT2D eigenvalue weighted by Crippen LogP contribution is -2.45. The number of rotatable bonds is 7. The summed E-state index contributed by atoms with van der Waals surface area (Å²) >= 11 is 6.11. The van der Waals surface area contributed by atoms with E-state index in [1.165, 1.54) is 0 Å². The van der Waals surface area contributed by atoms with Crippen molar-refractivity contribution in [2.24, 2.45) is 5.92 Å². The normalized spacial score (nSPS) is 15.4. The SMILES string of the molecule is CNC(=O)c1ccc(NCCCCC2CCN(C(=O)C(F)(F)F)CC2)cc1Cl. The fourth-order valence-electron chi connectivity index (χ4n) is 3.34. The van der Waals surface area contributed by atoms with E-state index in [0.29, 0.717) is 29.3 Å². The van der Waals surface area contributed by atoms with E-state index in [0.717, 1.165) is 36.4 Å². The molecule has 0 atom stereocenters. The third kappa shape index (κ3) is 6.29. The third-order valence-electron chi connectivity index (χ3n) is 4.95. The van der Waals surface area contributed by atoms with Gasteiger partial charge in [-0.3, -0.25) is 9.59 Å². The second-order valence-electron chi connectivity index (χ2n) is 6.93. The number of halogens is 4. The minimum absolute atomic E-state index is 0.178. The second-order valence-corrected chi connectivity index (χ2v) is 7.34. The molecule has 2 N–H and O–H groups in total. The highest BCUT2D eigenvalue weighted by Gasteiger charge is 2.43. The number of nitrogens with one attached hydrogen (secondary N) is 2. The number of amides is 2. The largest absolute Gasteiger partial charge is 0.471 e. The van der Waals surface area contributed by atoms with Gasteiger partial charge in [-0.1, -0.05) is 24.4 Å². The lowest BCUT2D eigenvalue weighted by atomic mass is 9.91. The molecule has 5 nitrogen and oxygen atoms in total. The zero-order valence-electron chi connectivity index (χ0n) is 15.7. The highest BCUT2D eigenvalue weighted by atomic mass is 35.5. The van der Waals surface area contributed by atoms with Gasteiger partial charge in [-0.05, 0) is 43.4 Å². The van der Waals surface area contributed by atoms with E-state index in [-0.39, 0.29) is 19.0 Å². The van der Waals surface area contributed by atoms with E-state index in [4.69, 9.17) is 11.6 Å². The quantitative estimate of drug-likeness (QED) is 0.654. The van der Waals surface area contributed by atoms with E-state index in [2.05, 4.69) is 10.6 Å². The van der Waals surface area contributed by atoms with Crippen molar-refractivity contribution in [2.45, 2.75) is 38.3 Å². The van der Waals surface area contributed by atoms with Gasteiger partial charge in [0.05, 0.1) is 10.6 Å². The van der Waals surface area contributed by atoms with Gasteiger partial charge in [0.25, 0.3) is 5.91 Å². The Morgan fingerprint density at radius 1 is 1.21 bits per heavy atom. The van der Waals surface area contributed by atoms with Gasteiger partial charge in [0, 0.05) is 32.4 Å². The number of hydrogen-bond donors (Lipinski definition) is 2. The summed E-state index contributed by atoms with van der Waals surface area (Å²) < 4.78 is 37.3. The molecule has 0 unspecified atom stereocenters. The molecule has 9 heteroatoms. The molecule has 1 heterocycles. The van der Waals surface area contributed by atoms with Crippen LogP contribution >= 0.6 is 11.6 Å². The van der Waals surface area contributed by atoms with Crippen LogP contribution in [-0.2, 0) is 4.79 Å². The van der Waals surface area contributed by atoms with Crippen LogP contribution < -0.4 is 10.6 Å². The van der Waals surface area contributed by atoms with Crippen LogP contribution in [0.25, 0.3) is 0 Å². The van der Waals surface area contributed by atoms with Crippen LogP contribution in [0.3, 0.4) is 0 Å². The summed E-state index contributed by atoms with van der Waals surface area (Å²) in [7, 11) is 1.54. The van der Waals surface area contributed by atoms with Crippen molar-refractivity contribution in [2.75, 3.05) is 32.0 Å². The Kier molecular flexibility index (Phi) is 7.98. The highest BCUT2D eigenvalue weighted by Crippen LogP contribution is 2.26. The predicted molar refractivity (Wildman–Crippen MR) is 103 cm³/mol. The van der Waals surface area contributed by atoms with Gasteiger partial charge in [-0.25, -0.2) is 0 Å². The standard InChI is InChI=1S/C19H25ClF3N3O2/c1-24-17(27)15-6-5-14(12-16(15)20)25-9-3-2-4-13-7-10-26(11-8-13)18(28)19(21,22)23/h5-6,12-13,25H,2-4,7-11H2,1H3,(H,24,27). The molecule has 156 valence electrons. The van der Waals surface area contributed by atoms with Crippen molar-refractivity contribution in [3.05, 3.63) is 28.8 Å². The van der Waals surface area contributed by atoms with Crippen molar-refractivity contribution in [3.63, 3.8) is 0 Å². The average molecular weight is 420 g/mol. The maximum Gasteiger partial charge on any atom is 0.471 e. The monoisotopic (exact) mass is 419 g/mol. The maximum absolute atomic E-state index is 12.4. The van der Waals surface area contributed by atoms with Crippen molar-refractivity contribution in [3.8, 4) is 0 Å². The van der Waals surface area contributed by atoms with Crippen LogP contribution in [0.5, 0.6) is 0 Å². The number of carbonyl (C=O) groups is 2. The molecular weight excluding hydrogens is 395 g/mol. The van der Waals surface area contributed by atoms with Crippen LogP contribution in [0.4, 0.5) is 18.9 Å². The topological polar surface area (TPSA) is 61.4 Å². The van der Waals surface area contributed by atoms with Gasteiger partial charge in [0.1, 0.15) is 0 Å². The Morgan fingerprint density at radius 2 is 1.89 bits per heavy atom. The van der Waals surface area contributed by atoms with Gasteiger partial charge in [-0.2, -0.15) is 13.2 Å². The molecule has 1 fully saturated rings. The number of unbranched alkanes of at least 4 members (excludes halogenated alkanes) is 1. The Bertz CT molecular complexity index is 689. The van der Waals surface area contributed by atoms with Crippen molar-refractivity contribution in [1.29, 1.82) is 0 Å². The Hall–Kier alpha value is -1.96. The lowest BCUT2D eigenvalue weighted by Gasteiger charge is -2.32. The van der Waals surface area contributed by atoms with Crippen LogP contribution in [-0.4, -0.2) is 49.6 Å². The molecule has 1 aliphatic rings. The molecule has 2 amide bonds. The molecular formula is C19H25ClF3N3O2. The van der Waals surface area contributed by atoms with E-state index >= 15 is 0 Å². The van der Waals surface area contributed by atoms with E-state index in [9.17, 15) is 22.8 Å². The number of nitrogens with zero attached hydrogens (tertiary/aromatic N) is 1. The van der Waals surface area contributed by atoms with Gasteiger partial charge in [0.2, 0.25) is 0 Å². The lowest BCUT2D eigenvalue weighted by molar-refractivity contribution is -0.186. The van der Waals surface area contributed by atoms with Crippen LogP contribution in [0.15, 0.2) is 18.2 Å². The minimum atomic E-state index is -4.78. The Balaban J connectivity index is 1.64. The van der Waals surface area contributed by atoms with Gasteiger partial charge in [0.15, 0.2) is 0 Å². The Morgan fingerprint density at radius 3 is 2.46 bits per heavy atom. The second kappa shape index (κ2) is 10.0. The predicted octanol–water partition coefficient (Wildman–Crippen LogP) is 4.08. The fraction of sp³-hybridized carbons (Fsp3) is 0.579. The minimum Gasteiger partial charge on any atom is -0.385 e. The summed E-state index contributed by atoms with van der Waals surface area (Å²) in [5.74, 6) is -1.60. The molecule has 0 spiro atoms.